The average Bonchev–Trinajstić information content (AvgIpc) is 2.39. The van der Waals surface area contributed by atoms with E-state index in [0.717, 1.165) is 6.42 Å². The number of nitrogens with one attached hydrogen (secondary N) is 2. The van der Waals surface area contributed by atoms with Crippen molar-refractivity contribution in [3.63, 3.8) is 0 Å². The van der Waals surface area contributed by atoms with Crippen LogP contribution in [0, 0.1) is 3.57 Å². The largest absolute Gasteiger partial charge is 0.507 e. The summed E-state index contributed by atoms with van der Waals surface area (Å²) in [5.41, 5.74) is 0.381. The Labute approximate surface area is 125 Å². The Kier molecular flexibility index (Phi) is 6.61. The molecule has 2 amide bonds. The average molecular weight is 376 g/mol. The molecule has 6 heteroatoms. The quantitative estimate of drug-likeness (QED) is 0.661. The lowest BCUT2D eigenvalue weighted by molar-refractivity contribution is -0.120. The molecule has 0 saturated heterocycles. The van der Waals surface area contributed by atoms with Crippen LogP contribution >= 0.6 is 22.6 Å². The summed E-state index contributed by atoms with van der Waals surface area (Å²) >= 11 is 1.98. The summed E-state index contributed by atoms with van der Waals surface area (Å²) in [6.45, 7) is 2.91. The van der Waals surface area contributed by atoms with E-state index < -0.39 is 0 Å². The van der Waals surface area contributed by atoms with Gasteiger partial charge in [0.15, 0.2) is 0 Å². The number of benzene rings is 1. The van der Waals surface area contributed by atoms with Gasteiger partial charge in [-0.1, -0.05) is 6.92 Å². The molecule has 0 saturated carbocycles. The third-order valence-corrected chi connectivity index (χ3v) is 3.33. The molecule has 0 heterocycles. The van der Waals surface area contributed by atoms with E-state index in [4.69, 9.17) is 0 Å². The van der Waals surface area contributed by atoms with Gasteiger partial charge in [-0.15, -0.1) is 0 Å². The zero-order valence-electron chi connectivity index (χ0n) is 10.7. The highest BCUT2D eigenvalue weighted by atomic mass is 127. The standard InChI is InChI=1S/C13H17IN2O3/c1-2-6-15-12(18)5-7-16-13(19)9-3-4-10(14)11(17)8-9/h3-4,8,17H,2,5-7H2,1H3,(H,15,18)(H,16,19). The lowest BCUT2D eigenvalue weighted by atomic mass is 10.2. The van der Waals surface area contributed by atoms with Gasteiger partial charge < -0.3 is 15.7 Å². The maximum Gasteiger partial charge on any atom is 0.251 e. The summed E-state index contributed by atoms with van der Waals surface area (Å²) in [7, 11) is 0. The van der Waals surface area contributed by atoms with Crippen LogP contribution in [0.3, 0.4) is 0 Å². The third-order valence-electron chi connectivity index (χ3n) is 2.42. The van der Waals surface area contributed by atoms with Gasteiger partial charge in [0.05, 0.1) is 3.57 Å². The fourth-order valence-corrected chi connectivity index (χ4v) is 1.73. The van der Waals surface area contributed by atoms with Gasteiger partial charge in [-0.2, -0.15) is 0 Å². The predicted octanol–water partition coefficient (Wildman–Crippen LogP) is 1.64. The zero-order chi connectivity index (χ0) is 14.3. The molecule has 0 fully saturated rings. The van der Waals surface area contributed by atoms with Crippen molar-refractivity contribution in [3.8, 4) is 5.75 Å². The van der Waals surface area contributed by atoms with Gasteiger partial charge in [0.2, 0.25) is 5.91 Å². The second-order valence-corrected chi connectivity index (χ2v) is 5.18. The molecule has 19 heavy (non-hydrogen) atoms. The first-order valence-corrected chi connectivity index (χ1v) is 7.16. The molecule has 1 aromatic rings. The highest BCUT2D eigenvalue weighted by molar-refractivity contribution is 14.1. The molecule has 0 aliphatic heterocycles. The van der Waals surface area contributed by atoms with Gasteiger partial charge in [-0.25, -0.2) is 0 Å². The smallest absolute Gasteiger partial charge is 0.251 e. The van der Waals surface area contributed by atoms with Crippen molar-refractivity contribution in [2.75, 3.05) is 13.1 Å². The molecule has 0 aliphatic rings. The SMILES string of the molecule is CCCNC(=O)CCNC(=O)c1ccc(I)c(O)c1. The number of phenolic OH excluding ortho intramolecular Hbond substituents is 1. The minimum atomic E-state index is -0.296. The maximum absolute atomic E-state index is 11.7. The Balaban J connectivity index is 2.39. The van der Waals surface area contributed by atoms with Crippen molar-refractivity contribution in [1.29, 1.82) is 0 Å². The van der Waals surface area contributed by atoms with Crippen LogP contribution in [0.4, 0.5) is 0 Å². The summed E-state index contributed by atoms with van der Waals surface area (Å²) in [5.74, 6) is -0.295. The molecule has 104 valence electrons. The Morgan fingerprint density at radius 3 is 2.63 bits per heavy atom. The summed E-state index contributed by atoms with van der Waals surface area (Å²) in [4.78, 5) is 23.1. The molecule has 5 nitrogen and oxygen atoms in total. The molecular weight excluding hydrogens is 359 g/mol. The topological polar surface area (TPSA) is 78.4 Å². The summed E-state index contributed by atoms with van der Waals surface area (Å²) in [6.07, 6.45) is 1.14. The molecule has 1 rings (SSSR count). The van der Waals surface area contributed by atoms with Crippen molar-refractivity contribution < 1.29 is 14.7 Å². The number of phenols is 1. The second-order valence-electron chi connectivity index (χ2n) is 4.02. The van der Waals surface area contributed by atoms with Crippen LogP contribution in [0.1, 0.15) is 30.1 Å². The van der Waals surface area contributed by atoms with Gasteiger partial charge >= 0.3 is 0 Å². The Morgan fingerprint density at radius 1 is 1.26 bits per heavy atom. The van der Waals surface area contributed by atoms with Crippen molar-refractivity contribution in [2.24, 2.45) is 0 Å². The molecular formula is C13H17IN2O3. The molecule has 0 atom stereocenters. The van der Waals surface area contributed by atoms with Crippen LogP contribution in [0.2, 0.25) is 0 Å². The molecule has 0 unspecified atom stereocenters. The molecule has 3 N–H and O–H groups in total. The molecule has 0 bridgehead atoms. The number of aromatic hydroxyl groups is 1. The Bertz CT molecular complexity index is 463. The van der Waals surface area contributed by atoms with Gasteiger partial charge in [-0.05, 0) is 47.2 Å². The number of hydrogen-bond acceptors (Lipinski definition) is 3. The minimum Gasteiger partial charge on any atom is -0.507 e. The van der Waals surface area contributed by atoms with E-state index in [1.807, 2.05) is 29.5 Å². The summed E-state index contributed by atoms with van der Waals surface area (Å²) in [6, 6.07) is 4.71. The second kappa shape index (κ2) is 7.98. The molecule has 0 aliphatic carbocycles. The van der Waals surface area contributed by atoms with Crippen LogP contribution in [-0.4, -0.2) is 30.0 Å². The fraction of sp³-hybridized carbons (Fsp3) is 0.385. The number of halogens is 1. The van der Waals surface area contributed by atoms with Gasteiger partial charge in [0, 0.05) is 25.1 Å². The van der Waals surface area contributed by atoms with E-state index in [9.17, 15) is 14.7 Å². The van der Waals surface area contributed by atoms with Gasteiger partial charge in [0.1, 0.15) is 5.75 Å². The Hall–Kier alpha value is -1.31. The lowest BCUT2D eigenvalue weighted by Crippen LogP contribution is -2.31. The minimum absolute atomic E-state index is 0.0763. The normalized spacial score (nSPS) is 10.0. The van der Waals surface area contributed by atoms with Crippen molar-refractivity contribution in [1.82, 2.24) is 10.6 Å². The molecule has 0 aromatic heterocycles. The van der Waals surface area contributed by atoms with Crippen molar-refractivity contribution in [2.45, 2.75) is 19.8 Å². The monoisotopic (exact) mass is 376 g/mol. The predicted molar refractivity (Wildman–Crippen MR) is 81.1 cm³/mol. The number of carbonyl (C=O) groups is 2. The first-order chi connectivity index (χ1) is 9.04. The fourth-order valence-electron chi connectivity index (χ4n) is 1.40. The van der Waals surface area contributed by atoms with Crippen LogP contribution in [0.15, 0.2) is 18.2 Å². The van der Waals surface area contributed by atoms with Crippen LogP contribution in [0.5, 0.6) is 5.75 Å². The van der Waals surface area contributed by atoms with E-state index >= 15 is 0 Å². The first-order valence-electron chi connectivity index (χ1n) is 6.08. The van der Waals surface area contributed by atoms with Crippen molar-refractivity contribution >= 4 is 34.4 Å². The number of hydrogen-bond donors (Lipinski definition) is 3. The van der Waals surface area contributed by atoms with Crippen molar-refractivity contribution in [3.05, 3.63) is 27.3 Å². The van der Waals surface area contributed by atoms with E-state index in [0.29, 0.717) is 15.7 Å². The maximum atomic E-state index is 11.7. The highest BCUT2D eigenvalue weighted by Crippen LogP contribution is 2.20. The van der Waals surface area contributed by atoms with Crippen LogP contribution in [-0.2, 0) is 4.79 Å². The third kappa shape index (κ3) is 5.46. The molecule has 0 spiro atoms. The van der Waals surface area contributed by atoms with Crippen LogP contribution < -0.4 is 10.6 Å². The summed E-state index contributed by atoms with van der Waals surface area (Å²) < 4.78 is 0.688. The molecule has 0 radical (unpaired) electrons. The number of carbonyl (C=O) groups excluding carboxylic acids is 2. The number of amides is 2. The van der Waals surface area contributed by atoms with E-state index in [2.05, 4.69) is 10.6 Å². The lowest BCUT2D eigenvalue weighted by Gasteiger charge is -2.06. The zero-order valence-corrected chi connectivity index (χ0v) is 12.9. The number of rotatable bonds is 6. The van der Waals surface area contributed by atoms with Crippen LogP contribution in [0.25, 0.3) is 0 Å². The highest BCUT2D eigenvalue weighted by Gasteiger charge is 2.08. The summed E-state index contributed by atoms with van der Waals surface area (Å²) in [5, 5.41) is 14.9. The Morgan fingerprint density at radius 2 is 2.00 bits per heavy atom. The molecule has 1 aromatic carbocycles. The van der Waals surface area contributed by atoms with Gasteiger partial charge in [-0.3, -0.25) is 9.59 Å². The van der Waals surface area contributed by atoms with Gasteiger partial charge in [0.25, 0.3) is 5.91 Å². The van der Waals surface area contributed by atoms with E-state index in [1.165, 1.54) is 6.07 Å². The van der Waals surface area contributed by atoms with E-state index in [-0.39, 0.29) is 30.5 Å². The van der Waals surface area contributed by atoms with E-state index in [1.54, 1.807) is 12.1 Å². The first kappa shape index (κ1) is 15.7.